The summed E-state index contributed by atoms with van der Waals surface area (Å²) < 4.78 is 19.4. The van der Waals surface area contributed by atoms with Crippen molar-refractivity contribution in [1.29, 1.82) is 0 Å². The first kappa shape index (κ1) is 18.7. The molecule has 2 aromatic carbocycles. The minimum absolute atomic E-state index is 0.0773. The van der Waals surface area contributed by atoms with Gasteiger partial charge in [-0.25, -0.2) is 4.39 Å². The zero-order chi connectivity index (χ0) is 20.2. The van der Waals surface area contributed by atoms with Crippen molar-refractivity contribution in [2.24, 2.45) is 0 Å². The Bertz CT molecular complexity index is 1040. The highest BCUT2D eigenvalue weighted by atomic mass is 19.1. The van der Waals surface area contributed by atoms with Crippen molar-refractivity contribution in [2.75, 3.05) is 5.32 Å². The van der Waals surface area contributed by atoms with E-state index in [0.717, 1.165) is 23.7 Å². The molecule has 3 N–H and O–H groups in total. The van der Waals surface area contributed by atoms with E-state index in [-0.39, 0.29) is 17.5 Å². The number of carbonyl (C=O) groups excluding carboxylic acids is 2. The molecular formula is C21H19FN4O3. The molecule has 0 fully saturated rings. The molecule has 7 nitrogen and oxygen atoms in total. The lowest BCUT2D eigenvalue weighted by atomic mass is 9.94. The average molecular weight is 394 g/mol. The normalized spacial score (nSPS) is 15.3. The standard InChI is InChI=1S/C21H19FN4O3/c22-14-7-9-19(29-16-4-2-1-3-5-16)18(10-14)25-21(28)20(27)24-15-8-6-13-12-23-26-17(13)11-15/h1-5,7,9-10,12,15H,6,8,11H2,(H,23,26)(H,24,27)(H,25,28). The van der Waals surface area contributed by atoms with Crippen molar-refractivity contribution < 1.29 is 18.7 Å². The molecule has 0 saturated carbocycles. The summed E-state index contributed by atoms with van der Waals surface area (Å²) in [5, 5.41) is 12.1. The topological polar surface area (TPSA) is 96.1 Å². The van der Waals surface area contributed by atoms with Gasteiger partial charge in [-0.15, -0.1) is 0 Å². The van der Waals surface area contributed by atoms with Crippen molar-refractivity contribution in [3.05, 3.63) is 71.8 Å². The van der Waals surface area contributed by atoms with Gasteiger partial charge < -0.3 is 15.4 Å². The zero-order valence-corrected chi connectivity index (χ0v) is 15.4. The molecule has 4 rings (SSSR count). The monoisotopic (exact) mass is 394 g/mol. The number of aromatic amines is 1. The van der Waals surface area contributed by atoms with Gasteiger partial charge >= 0.3 is 11.8 Å². The Morgan fingerprint density at radius 3 is 2.79 bits per heavy atom. The van der Waals surface area contributed by atoms with Crippen LogP contribution in [0.25, 0.3) is 0 Å². The molecule has 29 heavy (non-hydrogen) atoms. The molecule has 1 unspecified atom stereocenters. The van der Waals surface area contributed by atoms with Crippen LogP contribution in [0.5, 0.6) is 11.5 Å². The minimum Gasteiger partial charge on any atom is -0.455 e. The van der Waals surface area contributed by atoms with Crippen molar-refractivity contribution in [3.8, 4) is 11.5 Å². The Morgan fingerprint density at radius 2 is 1.97 bits per heavy atom. The van der Waals surface area contributed by atoms with Crippen LogP contribution in [0, 0.1) is 5.82 Å². The zero-order valence-electron chi connectivity index (χ0n) is 15.4. The summed E-state index contributed by atoms with van der Waals surface area (Å²) in [6, 6.07) is 12.4. The maximum Gasteiger partial charge on any atom is 0.313 e. The highest BCUT2D eigenvalue weighted by molar-refractivity contribution is 6.39. The third kappa shape index (κ3) is 4.43. The van der Waals surface area contributed by atoms with Crippen molar-refractivity contribution in [2.45, 2.75) is 25.3 Å². The van der Waals surface area contributed by atoms with Crippen molar-refractivity contribution >= 4 is 17.5 Å². The Labute approximate surface area is 166 Å². The number of anilines is 1. The Balaban J connectivity index is 1.42. The summed E-state index contributed by atoms with van der Waals surface area (Å²) in [7, 11) is 0. The van der Waals surface area contributed by atoms with Crippen molar-refractivity contribution in [1.82, 2.24) is 15.5 Å². The Hall–Kier alpha value is -3.68. The molecule has 0 radical (unpaired) electrons. The Kier molecular flexibility index (Phi) is 5.24. The number of H-pyrrole nitrogens is 1. The number of ether oxygens (including phenoxy) is 1. The number of hydrogen-bond donors (Lipinski definition) is 3. The lowest BCUT2D eigenvalue weighted by Gasteiger charge is -2.22. The van der Waals surface area contributed by atoms with E-state index in [4.69, 9.17) is 4.74 Å². The van der Waals surface area contributed by atoms with Crippen LogP contribution in [-0.2, 0) is 22.4 Å². The number of benzene rings is 2. The van der Waals surface area contributed by atoms with E-state index in [1.807, 2.05) is 6.07 Å². The number of aryl methyl sites for hydroxylation is 1. The molecule has 1 aromatic heterocycles. The summed E-state index contributed by atoms with van der Waals surface area (Å²) in [5.41, 5.74) is 2.17. The number of rotatable bonds is 4. The summed E-state index contributed by atoms with van der Waals surface area (Å²) in [6.07, 6.45) is 3.85. The quantitative estimate of drug-likeness (QED) is 0.593. The predicted molar refractivity (Wildman–Crippen MR) is 104 cm³/mol. The molecule has 2 amide bonds. The second kappa shape index (κ2) is 8.14. The van der Waals surface area contributed by atoms with Crippen LogP contribution in [0.1, 0.15) is 17.7 Å². The lowest BCUT2D eigenvalue weighted by molar-refractivity contribution is -0.136. The average Bonchev–Trinajstić information content (AvgIpc) is 3.18. The van der Waals surface area contributed by atoms with E-state index in [9.17, 15) is 14.0 Å². The molecule has 1 aliphatic rings. The number of carbonyl (C=O) groups is 2. The molecule has 1 heterocycles. The molecule has 0 saturated heterocycles. The second-order valence-electron chi connectivity index (χ2n) is 6.80. The maximum atomic E-state index is 13.7. The molecule has 8 heteroatoms. The largest absolute Gasteiger partial charge is 0.455 e. The third-order valence-electron chi connectivity index (χ3n) is 4.72. The van der Waals surface area contributed by atoms with Gasteiger partial charge in [-0.05, 0) is 42.7 Å². The number of nitrogens with zero attached hydrogens (tertiary/aromatic N) is 1. The molecule has 1 aliphatic carbocycles. The SMILES string of the molecule is O=C(Nc1cc(F)ccc1Oc1ccccc1)C(=O)NC1CCc2cn[nH]c2C1. The van der Waals surface area contributed by atoms with Gasteiger partial charge in [-0.2, -0.15) is 5.10 Å². The van der Waals surface area contributed by atoms with E-state index in [2.05, 4.69) is 20.8 Å². The highest BCUT2D eigenvalue weighted by Gasteiger charge is 2.25. The summed E-state index contributed by atoms with van der Waals surface area (Å²) in [6.45, 7) is 0. The van der Waals surface area contributed by atoms with Crippen LogP contribution in [0.2, 0.25) is 0 Å². The summed E-state index contributed by atoms with van der Waals surface area (Å²) >= 11 is 0. The maximum absolute atomic E-state index is 13.7. The van der Waals surface area contributed by atoms with Gasteiger partial charge in [0.15, 0.2) is 5.75 Å². The number of hydrogen-bond acceptors (Lipinski definition) is 4. The fourth-order valence-electron chi connectivity index (χ4n) is 3.27. The van der Waals surface area contributed by atoms with Crippen LogP contribution in [0.15, 0.2) is 54.7 Å². The Morgan fingerprint density at radius 1 is 1.14 bits per heavy atom. The van der Waals surface area contributed by atoms with Gasteiger partial charge in [0.1, 0.15) is 11.6 Å². The summed E-state index contributed by atoms with van der Waals surface area (Å²) in [4.78, 5) is 24.7. The molecule has 148 valence electrons. The van der Waals surface area contributed by atoms with E-state index < -0.39 is 17.6 Å². The minimum atomic E-state index is -0.885. The van der Waals surface area contributed by atoms with Crippen molar-refractivity contribution in [3.63, 3.8) is 0 Å². The molecule has 0 aliphatic heterocycles. The van der Waals surface area contributed by atoms with Gasteiger partial charge in [0.05, 0.1) is 11.9 Å². The molecule has 0 bridgehead atoms. The molecule has 0 spiro atoms. The number of para-hydroxylation sites is 1. The highest BCUT2D eigenvalue weighted by Crippen LogP contribution is 2.30. The van der Waals surface area contributed by atoms with Gasteiger partial charge in [-0.1, -0.05) is 18.2 Å². The van der Waals surface area contributed by atoms with Crippen LogP contribution in [0.4, 0.5) is 10.1 Å². The first-order valence-corrected chi connectivity index (χ1v) is 9.24. The van der Waals surface area contributed by atoms with Gasteiger partial charge in [0.25, 0.3) is 0 Å². The lowest BCUT2D eigenvalue weighted by Crippen LogP contribution is -2.44. The number of amides is 2. The van der Waals surface area contributed by atoms with Crippen LogP contribution >= 0.6 is 0 Å². The number of nitrogens with one attached hydrogen (secondary N) is 3. The van der Waals surface area contributed by atoms with E-state index in [1.54, 1.807) is 30.5 Å². The fourth-order valence-corrected chi connectivity index (χ4v) is 3.27. The third-order valence-corrected chi connectivity index (χ3v) is 4.72. The van der Waals surface area contributed by atoms with Gasteiger partial charge in [-0.3, -0.25) is 14.7 Å². The number of aromatic nitrogens is 2. The number of halogens is 1. The van der Waals surface area contributed by atoms with E-state index in [1.165, 1.54) is 12.1 Å². The molecule has 1 atom stereocenters. The van der Waals surface area contributed by atoms with Gasteiger partial charge in [0, 0.05) is 24.2 Å². The molecular weight excluding hydrogens is 375 g/mol. The summed E-state index contributed by atoms with van der Waals surface area (Å²) in [5.74, 6) is -1.47. The van der Waals surface area contributed by atoms with Crippen LogP contribution in [0.3, 0.4) is 0 Å². The molecule has 3 aromatic rings. The predicted octanol–water partition coefficient (Wildman–Crippen LogP) is 2.95. The van der Waals surface area contributed by atoms with E-state index in [0.29, 0.717) is 18.6 Å². The van der Waals surface area contributed by atoms with Gasteiger partial charge in [0.2, 0.25) is 0 Å². The smallest absolute Gasteiger partial charge is 0.313 e. The second-order valence-corrected chi connectivity index (χ2v) is 6.80. The number of fused-ring (bicyclic) bond motifs is 1. The fraction of sp³-hybridized carbons (Fsp3) is 0.190. The van der Waals surface area contributed by atoms with Crippen LogP contribution < -0.4 is 15.4 Å². The van der Waals surface area contributed by atoms with E-state index >= 15 is 0 Å². The van der Waals surface area contributed by atoms with Crippen LogP contribution in [-0.4, -0.2) is 28.1 Å². The first-order chi connectivity index (χ1) is 14.1. The first-order valence-electron chi connectivity index (χ1n) is 9.24.